The van der Waals surface area contributed by atoms with Gasteiger partial charge in [-0.15, -0.1) is 11.3 Å². The van der Waals surface area contributed by atoms with Crippen molar-refractivity contribution in [1.82, 2.24) is 0 Å². The topological polar surface area (TPSA) is 29.5 Å². The van der Waals surface area contributed by atoms with Gasteiger partial charge in [-0.3, -0.25) is 0 Å². The Kier molecular flexibility index (Phi) is 3.50. The molecule has 1 aliphatic carbocycles. The summed E-state index contributed by atoms with van der Waals surface area (Å²) in [6.07, 6.45) is 3.46. The Bertz CT molecular complexity index is 328. The van der Waals surface area contributed by atoms with E-state index in [0.717, 1.165) is 16.6 Å². The lowest BCUT2D eigenvalue weighted by Gasteiger charge is -2.44. The Labute approximate surface area is 102 Å². The van der Waals surface area contributed by atoms with E-state index in [-0.39, 0.29) is 11.7 Å². The fourth-order valence-electron chi connectivity index (χ4n) is 2.04. The molecule has 1 aromatic rings. The van der Waals surface area contributed by atoms with Crippen LogP contribution < -0.4 is 0 Å². The number of halogens is 1. The maximum absolute atomic E-state index is 10.1. The largest absolute Gasteiger partial charge is 0.390 e. The van der Waals surface area contributed by atoms with E-state index in [1.54, 1.807) is 18.4 Å². The van der Waals surface area contributed by atoms with E-state index in [4.69, 9.17) is 4.74 Å². The fraction of sp³-hybridized carbons (Fsp3) is 0.636. The van der Waals surface area contributed by atoms with Gasteiger partial charge in [0.1, 0.15) is 0 Å². The van der Waals surface area contributed by atoms with Gasteiger partial charge in [-0.1, -0.05) is 0 Å². The molecule has 0 aromatic carbocycles. The zero-order valence-electron chi connectivity index (χ0n) is 8.70. The van der Waals surface area contributed by atoms with E-state index in [2.05, 4.69) is 22.0 Å². The van der Waals surface area contributed by atoms with Crippen molar-refractivity contribution in [3.05, 3.63) is 20.8 Å². The molecule has 2 rings (SSSR count). The maximum Gasteiger partial charge on any atom is 0.0940 e. The highest BCUT2D eigenvalue weighted by Gasteiger charge is 2.43. The van der Waals surface area contributed by atoms with Crippen LogP contribution in [0.3, 0.4) is 0 Å². The van der Waals surface area contributed by atoms with Crippen LogP contribution in [0.1, 0.15) is 24.1 Å². The molecule has 1 unspecified atom stereocenters. The van der Waals surface area contributed by atoms with Crippen LogP contribution in [0.5, 0.6) is 0 Å². The second kappa shape index (κ2) is 4.53. The summed E-state index contributed by atoms with van der Waals surface area (Å²) in [6, 6.07) is 4.08. The highest BCUT2D eigenvalue weighted by atomic mass is 79.9. The Morgan fingerprint density at radius 3 is 2.73 bits per heavy atom. The van der Waals surface area contributed by atoms with Gasteiger partial charge in [-0.2, -0.15) is 0 Å². The SMILES string of the molecule is COC1(C(O)Cc2ccc(Br)s2)CCC1. The van der Waals surface area contributed by atoms with Crippen molar-refractivity contribution in [3.8, 4) is 0 Å². The normalized spacial score (nSPS) is 21.0. The molecule has 0 aliphatic heterocycles. The molecule has 1 aliphatic rings. The predicted octanol–water partition coefficient (Wildman–Crippen LogP) is 2.98. The molecular formula is C11H15BrO2S. The lowest BCUT2D eigenvalue weighted by atomic mass is 9.74. The van der Waals surface area contributed by atoms with Crippen LogP contribution in [0, 0.1) is 0 Å². The van der Waals surface area contributed by atoms with Gasteiger partial charge in [0.25, 0.3) is 0 Å². The summed E-state index contributed by atoms with van der Waals surface area (Å²) < 4.78 is 6.57. The van der Waals surface area contributed by atoms with Gasteiger partial charge in [0.05, 0.1) is 15.5 Å². The van der Waals surface area contributed by atoms with Gasteiger partial charge in [0.15, 0.2) is 0 Å². The lowest BCUT2D eigenvalue weighted by molar-refractivity contribution is -0.148. The van der Waals surface area contributed by atoms with E-state index in [1.807, 2.05) is 6.07 Å². The van der Waals surface area contributed by atoms with Gasteiger partial charge in [0, 0.05) is 18.4 Å². The van der Waals surface area contributed by atoms with Crippen LogP contribution in [-0.4, -0.2) is 23.9 Å². The lowest BCUT2D eigenvalue weighted by Crippen LogP contribution is -2.50. The molecule has 4 heteroatoms. The minimum atomic E-state index is -0.373. The molecular weight excluding hydrogens is 276 g/mol. The molecule has 0 amide bonds. The molecule has 15 heavy (non-hydrogen) atoms. The summed E-state index contributed by atoms with van der Waals surface area (Å²) in [5.74, 6) is 0. The number of ether oxygens (including phenoxy) is 1. The molecule has 84 valence electrons. The molecule has 0 spiro atoms. The molecule has 1 atom stereocenters. The summed E-state index contributed by atoms with van der Waals surface area (Å²) in [5.41, 5.74) is -0.267. The first-order valence-electron chi connectivity index (χ1n) is 5.14. The maximum atomic E-state index is 10.1. The Morgan fingerprint density at radius 2 is 2.33 bits per heavy atom. The molecule has 1 fully saturated rings. The third-order valence-electron chi connectivity index (χ3n) is 3.24. The van der Waals surface area contributed by atoms with Crippen molar-refractivity contribution >= 4 is 27.3 Å². The number of hydrogen-bond acceptors (Lipinski definition) is 3. The molecule has 0 saturated heterocycles. The number of hydrogen-bond donors (Lipinski definition) is 1. The van der Waals surface area contributed by atoms with Gasteiger partial charge in [0.2, 0.25) is 0 Å². The van der Waals surface area contributed by atoms with Crippen molar-refractivity contribution < 1.29 is 9.84 Å². The highest BCUT2D eigenvalue weighted by molar-refractivity contribution is 9.11. The standard InChI is InChI=1S/C11H15BrO2S/c1-14-11(5-2-6-11)9(13)7-8-3-4-10(12)15-8/h3-4,9,13H,2,5-7H2,1H3. The van der Waals surface area contributed by atoms with Crippen LogP contribution in [0.15, 0.2) is 15.9 Å². The van der Waals surface area contributed by atoms with E-state index >= 15 is 0 Å². The summed E-state index contributed by atoms with van der Waals surface area (Å²) in [6.45, 7) is 0. The molecule has 1 N–H and O–H groups in total. The monoisotopic (exact) mass is 290 g/mol. The first-order valence-corrected chi connectivity index (χ1v) is 6.75. The Hall–Kier alpha value is 0.1000. The average molecular weight is 291 g/mol. The third kappa shape index (κ3) is 2.28. The van der Waals surface area contributed by atoms with Crippen molar-refractivity contribution in [3.63, 3.8) is 0 Å². The van der Waals surface area contributed by atoms with E-state index < -0.39 is 0 Å². The molecule has 1 saturated carbocycles. The van der Waals surface area contributed by atoms with E-state index in [0.29, 0.717) is 6.42 Å². The van der Waals surface area contributed by atoms with Crippen LogP contribution in [0.2, 0.25) is 0 Å². The van der Waals surface area contributed by atoms with Crippen LogP contribution >= 0.6 is 27.3 Å². The smallest absolute Gasteiger partial charge is 0.0940 e. The van der Waals surface area contributed by atoms with Crippen LogP contribution in [-0.2, 0) is 11.2 Å². The summed E-state index contributed by atoms with van der Waals surface area (Å²) >= 11 is 5.10. The van der Waals surface area contributed by atoms with Crippen LogP contribution in [0.25, 0.3) is 0 Å². The summed E-state index contributed by atoms with van der Waals surface area (Å²) in [5, 5.41) is 10.1. The third-order valence-corrected chi connectivity index (χ3v) is 4.88. The minimum Gasteiger partial charge on any atom is -0.390 e. The van der Waals surface area contributed by atoms with Gasteiger partial charge < -0.3 is 9.84 Å². The number of thiophene rings is 1. The fourth-order valence-corrected chi connectivity index (χ4v) is 3.56. The van der Waals surface area contributed by atoms with Crippen molar-refractivity contribution in [1.29, 1.82) is 0 Å². The molecule has 0 bridgehead atoms. The first kappa shape index (κ1) is 11.6. The van der Waals surface area contributed by atoms with Gasteiger partial charge in [-0.05, 0) is 47.3 Å². The number of aliphatic hydroxyl groups excluding tert-OH is 1. The second-order valence-corrected chi connectivity index (χ2v) is 6.60. The number of rotatable bonds is 4. The number of methoxy groups -OCH3 is 1. The molecule has 1 aromatic heterocycles. The summed E-state index contributed by atoms with van der Waals surface area (Å²) in [4.78, 5) is 1.21. The summed E-state index contributed by atoms with van der Waals surface area (Å²) in [7, 11) is 1.70. The Balaban J connectivity index is 1.99. The minimum absolute atomic E-state index is 0.267. The van der Waals surface area contributed by atoms with Gasteiger partial charge >= 0.3 is 0 Å². The predicted molar refractivity (Wildman–Crippen MR) is 65.3 cm³/mol. The first-order chi connectivity index (χ1) is 7.16. The molecule has 1 heterocycles. The van der Waals surface area contributed by atoms with E-state index in [1.165, 1.54) is 11.3 Å². The zero-order valence-corrected chi connectivity index (χ0v) is 11.1. The Morgan fingerprint density at radius 1 is 1.60 bits per heavy atom. The van der Waals surface area contributed by atoms with Crippen LogP contribution in [0.4, 0.5) is 0 Å². The zero-order chi connectivity index (χ0) is 10.9. The van der Waals surface area contributed by atoms with Crippen molar-refractivity contribution in [2.75, 3.05) is 7.11 Å². The quantitative estimate of drug-likeness (QED) is 0.924. The van der Waals surface area contributed by atoms with Gasteiger partial charge in [-0.25, -0.2) is 0 Å². The second-order valence-electron chi connectivity index (χ2n) is 4.05. The highest BCUT2D eigenvalue weighted by Crippen LogP contribution is 2.39. The van der Waals surface area contributed by atoms with E-state index in [9.17, 15) is 5.11 Å². The molecule has 0 radical (unpaired) electrons. The average Bonchev–Trinajstić information content (AvgIpc) is 2.50. The molecule has 2 nitrogen and oxygen atoms in total. The number of aliphatic hydroxyl groups is 1. The van der Waals surface area contributed by atoms with Crippen molar-refractivity contribution in [2.24, 2.45) is 0 Å². The van der Waals surface area contributed by atoms with Crippen molar-refractivity contribution in [2.45, 2.75) is 37.4 Å².